The second kappa shape index (κ2) is 10.5. The van der Waals surface area contributed by atoms with Crippen LogP contribution >= 0.6 is 11.3 Å². The number of primary sulfonamides is 1. The molecule has 0 unspecified atom stereocenters. The lowest BCUT2D eigenvalue weighted by molar-refractivity contribution is 0.0691. The van der Waals surface area contributed by atoms with Gasteiger partial charge in [0.1, 0.15) is 17.5 Å². The summed E-state index contributed by atoms with van der Waals surface area (Å²) in [6, 6.07) is 13.1. The number of carboxylic acid groups (broad SMARTS) is 1. The normalized spacial score (nSPS) is 13.4. The Morgan fingerprint density at radius 3 is 2.33 bits per heavy atom. The highest BCUT2D eigenvalue weighted by atomic mass is 32.2. The fraction of sp³-hybridized carbons (Fsp3) is 0.138. The molecule has 2 heterocycles. The van der Waals surface area contributed by atoms with E-state index in [2.05, 4.69) is 4.98 Å². The molecule has 5 aromatic rings. The summed E-state index contributed by atoms with van der Waals surface area (Å²) in [6.45, 7) is 0. The monoisotopic (exact) mass is 610 g/mol. The average molecular weight is 611 g/mol. The zero-order valence-corrected chi connectivity index (χ0v) is 23.2. The van der Waals surface area contributed by atoms with Crippen molar-refractivity contribution in [1.29, 1.82) is 0 Å². The number of nitrogens with zero attached hydrogens (tertiary/aromatic N) is 3. The first-order valence-electron chi connectivity index (χ1n) is 12.7. The quantitative estimate of drug-likeness (QED) is 0.225. The van der Waals surface area contributed by atoms with Crippen molar-refractivity contribution in [3.63, 3.8) is 0 Å². The molecule has 3 aromatic carbocycles. The Balaban J connectivity index is 1.55. The van der Waals surface area contributed by atoms with E-state index in [1.165, 1.54) is 53.9 Å². The zero-order valence-electron chi connectivity index (χ0n) is 21.6. The molecule has 0 saturated heterocycles. The Morgan fingerprint density at radius 1 is 1.00 bits per heavy atom. The van der Waals surface area contributed by atoms with Gasteiger partial charge in [-0.05, 0) is 66.4 Å². The molecule has 13 heteroatoms. The van der Waals surface area contributed by atoms with Crippen LogP contribution in [0.15, 0.2) is 70.9 Å². The van der Waals surface area contributed by atoms with Crippen LogP contribution in [0.3, 0.4) is 0 Å². The van der Waals surface area contributed by atoms with Gasteiger partial charge in [0, 0.05) is 34.4 Å². The molecule has 1 aliphatic carbocycles. The van der Waals surface area contributed by atoms with Crippen molar-refractivity contribution >= 4 is 27.3 Å². The van der Waals surface area contributed by atoms with Crippen LogP contribution in [0.5, 0.6) is 0 Å². The van der Waals surface area contributed by atoms with Gasteiger partial charge in [-0.25, -0.2) is 41.2 Å². The number of hydrogen-bond donors (Lipinski definition) is 2. The Morgan fingerprint density at radius 2 is 1.71 bits per heavy atom. The fourth-order valence-corrected chi connectivity index (χ4v) is 6.10. The van der Waals surface area contributed by atoms with Crippen LogP contribution in [0.1, 0.15) is 46.1 Å². The van der Waals surface area contributed by atoms with Gasteiger partial charge in [-0.2, -0.15) is 5.10 Å². The molecule has 3 N–H and O–H groups in total. The minimum absolute atomic E-state index is 0.00167. The fourth-order valence-electron chi connectivity index (χ4n) is 4.81. The van der Waals surface area contributed by atoms with Gasteiger partial charge >= 0.3 is 5.97 Å². The lowest BCUT2D eigenvalue weighted by atomic mass is 9.95. The number of nitrogens with two attached hydrogens (primary N) is 1. The van der Waals surface area contributed by atoms with E-state index in [1.807, 2.05) is 0 Å². The first-order valence-corrected chi connectivity index (χ1v) is 15.1. The number of carbonyl (C=O) groups is 1. The first kappa shape index (κ1) is 27.8. The van der Waals surface area contributed by atoms with Gasteiger partial charge in [0.05, 0.1) is 16.3 Å². The summed E-state index contributed by atoms with van der Waals surface area (Å²) in [5.41, 5.74) is 2.85. The number of hydrogen-bond acceptors (Lipinski definition) is 6. The van der Waals surface area contributed by atoms with Gasteiger partial charge in [-0.3, -0.25) is 0 Å². The van der Waals surface area contributed by atoms with Gasteiger partial charge in [-0.1, -0.05) is 18.2 Å². The van der Waals surface area contributed by atoms with Gasteiger partial charge in [0.2, 0.25) is 15.2 Å². The maximum atomic E-state index is 15.2. The lowest BCUT2D eigenvalue weighted by Gasteiger charge is -2.11. The smallest absolute Gasteiger partial charge is 0.355 e. The summed E-state index contributed by atoms with van der Waals surface area (Å²) in [4.78, 5) is 15.4. The third-order valence-electron chi connectivity index (χ3n) is 6.99. The van der Waals surface area contributed by atoms with Gasteiger partial charge in [0.15, 0.2) is 5.69 Å². The summed E-state index contributed by atoms with van der Waals surface area (Å²) in [6.07, 6.45) is 1.62. The second-order valence-electron chi connectivity index (χ2n) is 9.90. The Labute approximate surface area is 241 Å². The molecular formula is C29H21F3N4O4S2. The summed E-state index contributed by atoms with van der Waals surface area (Å²) in [5.74, 6) is -2.95. The third kappa shape index (κ3) is 5.33. The third-order valence-corrected chi connectivity index (χ3v) is 8.72. The van der Waals surface area contributed by atoms with E-state index in [0.29, 0.717) is 33.2 Å². The van der Waals surface area contributed by atoms with E-state index >= 15 is 4.39 Å². The molecule has 6 rings (SSSR count). The molecule has 0 radical (unpaired) electrons. The van der Waals surface area contributed by atoms with Crippen LogP contribution in [0, 0.1) is 17.5 Å². The maximum Gasteiger partial charge on any atom is 0.355 e. The summed E-state index contributed by atoms with van der Waals surface area (Å²) in [7, 11) is -4.12. The minimum Gasteiger partial charge on any atom is -0.476 e. The summed E-state index contributed by atoms with van der Waals surface area (Å²) < 4.78 is 68.8. The van der Waals surface area contributed by atoms with Gasteiger partial charge < -0.3 is 5.11 Å². The average Bonchev–Trinajstić information content (AvgIpc) is 3.52. The standard InChI is InChI=1S/C29H21F3N4O4S2/c30-19-7-3-15(4-8-19)21-12-18(6-10-23(21)31)26-22(11-17-5-9-20(13-24(17)32)42(33,39)40)27(16-1-2-16)36(35-26)29-34-25(14-41-29)28(37)38/h3-10,12-14,16H,1-2,11H2,(H,37,38)(H2,33,39,40). The predicted octanol–water partition coefficient (Wildman–Crippen LogP) is 5.89. The Bertz CT molecular complexity index is 1970. The number of sulfonamides is 1. The van der Waals surface area contributed by atoms with Gasteiger partial charge in [0.25, 0.3) is 0 Å². The molecule has 0 aliphatic heterocycles. The van der Waals surface area contributed by atoms with Crippen molar-refractivity contribution in [2.75, 3.05) is 0 Å². The molecule has 0 bridgehead atoms. The molecule has 0 spiro atoms. The van der Waals surface area contributed by atoms with Crippen LogP contribution < -0.4 is 5.14 Å². The first-order chi connectivity index (χ1) is 20.0. The Kier molecular flexibility index (Phi) is 6.95. The predicted molar refractivity (Wildman–Crippen MR) is 150 cm³/mol. The van der Waals surface area contributed by atoms with Crippen molar-refractivity contribution in [2.24, 2.45) is 5.14 Å². The molecule has 1 saturated carbocycles. The van der Waals surface area contributed by atoms with E-state index in [1.54, 1.807) is 10.7 Å². The molecule has 214 valence electrons. The lowest BCUT2D eigenvalue weighted by Crippen LogP contribution is -2.12. The molecule has 42 heavy (non-hydrogen) atoms. The van der Waals surface area contributed by atoms with E-state index in [9.17, 15) is 27.1 Å². The van der Waals surface area contributed by atoms with Gasteiger partial charge in [-0.15, -0.1) is 11.3 Å². The number of aromatic nitrogens is 3. The summed E-state index contributed by atoms with van der Waals surface area (Å²) >= 11 is 1.08. The largest absolute Gasteiger partial charge is 0.476 e. The van der Waals surface area contributed by atoms with Crippen molar-refractivity contribution in [3.8, 4) is 27.5 Å². The number of carboxylic acids is 1. The van der Waals surface area contributed by atoms with Crippen LogP contribution in [0.2, 0.25) is 0 Å². The van der Waals surface area contributed by atoms with E-state index in [4.69, 9.17) is 10.2 Å². The molecule has 0 amide bonds. The van der Waals surface area contributed by atoms with Crippen molar-refractivity contribution in [2.45, 2.75) is 30.1 Å². The van der Waals surface area contributed by atoms with E-state index < -0.39 is 33.4 Å². The highest BCUT2D eigenvalue weighted by Crippen LogP contribution is 2.46. The van der Waals surface area contributed by atoms with Crippen LogP contribution in [0.25, 0.3) is 27.5 Å². The number of halogens is 3. The minimum atomic E-state index is -4.12. The molecule has 1 aliphatic rings. The van der Waals surface area contributed by atoms with Crippen LogP contribution in [-0.2, 0) is 16.4 Å². The highest BCUT2D eigenvalue weighted by Gasteiger charge is 2.34. The van der Waals surface area contributed by atoms with Crippen LogP contribution in [-0.4, -0.2) is 34.3 Å². The topological polar surface area (TPSA) is 128 Å². The summed E-state index contributed by atoms with van der Waals surface area (Å²) in [5, 5.41) is 21.1. The number of benzene rings is 3. The van der Waals surface area contributed by atoms with Crippen molar-refractivity contribution < 1.29 is 31.5 Å². The van der Waals surface area contributed by atoms with E-state index in [-0.39, 0.29) is 34.1 Å². The Hall–Kier alpha value is -4.33. The second-order valence-corrected chi connectivity index (χ2v) is 12.3. The molecule has 0 atom stereocenters. The molecule has 8 nitrogen and oxygen atoms in total. The van der Waals surface area contributed by atoms with E-state index in [0.717, 1.165) is 30.2 Å². The maximum absolute atomic E-state index is 15.2. The number of thiazole rings is 1. The van der Waals surface area contributed by atoms with Crippen molar-refractivity contribution in [1.82, 2.24) is 14.8 Å². The SMILES string of the molecule is NS(=O)(=O)c1ccc(Cc2c(-c3ccc(F)c(-c4ccc(F)cc4)c3)nn(-c3nc(C(=O)O)cs3)c2C2CC2)c(F)c1. The van der Waals surface area contributed by atoms with Crippen molar-refractivity contribution in [3.05, 3.63) is 106 Å². The molecular weight excluding hydrogens is 589 g/mol. The number of aromatic carboxylic acids is 1. The highest BCUT2D eigenvalue weighted by molar-refractivity contribution is 7.89. The number of rotatable bonds is 8. The molecule has 1 fully saturated rings. The zero-order chi connectivity index (χ0) is 29.8. The molecule has 2 aromatic heterocycles. The van der Waals surface area contributed by atoms with Crippen LogP contribution in [0.4, 0.5) is 13.2 Å².